The van der Waals surface area contributed by atoms with Crippen molar-refractivity contribution in [3.63, 3.8) is 0 Å². The van der Waals surface area contributed by atoms with Crippen LogP contribution in [0.3, 0.4) is 0 Å². The van der Waals surface area contributed by atoms with Crippen LogP contribution in [0.2, 0.25) is 0 Å². The van der Waals surface area contributed by atoms with Crippen LogP contribution in [0.5, 0.6) is 0 Å². The quantitative estimate of drug-likeness (QED) is 0.611. The van der Waals surface area contributed by atoms with Crippen molar-refractivity contribution in [3.05, 3.63) is 0 Å². The lowest BCUT2D eigenvalue weighted by Crippen LogP contribution is -2.33. The minimum Gasteiger partial charge on any atom is -0.462 e. The van der Waals surface area contributed by atoms with Gasteiger partial charge in [-0.3, -0.25) is 4.79 Å². The van der Waals surface area contributed by atoms with Crippen LogP contribution in [0.1, 0.15) is 33.6 Å². The molecule has 0 aromatic carbocycles. The van der Waals surface area contributed by atoms with Gasteiger partial charge in [0, 0.05) is 10.7 Å². The topological polar surface area (TPSA) is 72.5 Å². The molecular weight excluding hydrogens is 266 g/mol. The minimum absolute atomic E-state index is 0.318. The SMILES string of the molecule is CC(C)(C)OC=O.O=S(=O)(Cl)C1CCNCC1. The maximum absolute atomic E-state index is 10.7. The maximum Gasteiger partial charge on any atom is 0.293 e. The second-order valence-corrected chi connectivity index (χ2v) is 7.66. The van der Waals surface area contributed by atoms with E-state index >= 15 is 0 Å². The van der Waals surface area contributed by atoms with E-state index in [9.17, 15) is 13.2 Å². The summed E-state index contributed by atoms with van der Waals surface area (Å²) in [6.45, 7) is 7.44. The Hall–Kier alpha value is -0.330. The van der Waals surface area contributed by atoms with Gasteiger partial charge in [0.25, 0.3) is 6.47 Å². The van der Waals surface area contributed by atoms with Crippen molar-refractivity contribution in [1.29, 1.82) is 0 Å². The summed E-state index contributed by atoms with van der Waals surface area (Å²) in [5.74, 6) is 0. The number of piperidine rings is 1. The molecule has 1 heterocycles. The maximum atomic E-state index is 10.7. The van der Waals surface area contributed by atoms with E-state index in [1.54, 1.807) is 0 Å². The second kappa shape index (κ2) is 7.18. The van der Waals surface area contributed by atoms with Gasteiger partial charge in [0.1, 0.15) is 5.60 Å². The molecule has 102 valence electrons. The fraction of sp³-hybridized carbons (Fsp3) is 0.900. The highest BCUT2D eigenvalue weighted by Crippen LogP contribution is 2.16. The minimum atomic E-state index is -3.29. The van der Waals surface area contributed by atoms with Gasteiger partial charge in [-0.1, -0.05) is 0 Å². The van der Waals surface area contributed by atoms with Gasteiger partial charge in [-0.05, 0) is 46.7 Å². The number of halogens is 1. The summed E-state index contributed by atoms with van der Waals surface area (Å²) >= 11 is 0. The van der Waals surface area contributed by atoms with Gasteiger partial charge in [-0.2, -0.15) is 0 Å². The number of hydrogen-bond donors (Lipinski definition) is 1. The Balaban J connectivity index is 0.000000325. The fourth-order valence-corrected chi connectivity index (χ4v) is 2.55. The van der Waals surface area contributed by atoms with E-state index < -0.39 is 9.05 Å². The van der Waals surface area contributed by atoms with E-state index in [-0.39, 0.29) is 10.9 Å². The molecule has 0 atom stereocenters. The van der Waals surface area contributed by atoms with Gasteiger partial charge in [-0.15, -0.1) is 0 Å². The van der Waals surface area contributed by atoms with Crippen molar-refractivity contribution in [1.82, 2.24) is 5.32 Å². The number of hydrogen-bond acceptors (Lipinski definition) is 5. The summed E-state index contributed by atoms with van der Waals surface area (Å²) in [7, 11) is 1.86. The first-order valence-electron chi connectivity index (χ1n) is 5.42. The zero-order chi connectivity index (χ0) is 13.5. The van der Waals surface area contributed by atoms with Crippen LogP contribution in [-0.2, 0) is 18.6 Å². The Kier molecular flexibility index (Phi) is 7.04. The third-order valence-corrected chi connectivity index (χ3v) is 4.11. The summed E-state index contributed by atoms with van der Waals surface area (Å²) in [6, 6.07) is 0. The third-order valence-electron chi connectivity index (χ3n) is 2.09. The number of rotatable bonds is 2. The van der Waals surface area contributed by atoms with E-state index in [4.69, 9.17) is 10.7 Å². The number of nitrogens with one attached hydrogen (secondary N) is 1. The molecule has 0 aliphatic carbocycles. The van der Waals surface area contributed by atoms with Crippen LogP contribution >= 0.6 is 10.7 Å². The van der Waals surface area contributed by atoms with Crippen LogP contribution in [0.25, 0.3) is 0 Å². The highest BCUT2D eigenvalue weighted by atomic mass is 35.7. The molecule has 1 fully saturated rings. The predicted molar refractivity (Wildman–Crippen MR) is 67.6 cm³/mol. The number of carbonyl (C=O) groups excluding carboxylic acids is 1. The highest BCUT2D eigenvalue weighted by molar-refractivity contribution is 8.14. The Morgan fingerprint density at radius 1 is 1.29 bits per heavy atom. The first-order valence-corrected chi connectivity index (χ1v) is 7.79. The molecule has 0 saturated carbocycles. The van der Waals surface area contributed by atoms with Crippen molar-refractivity contribution in [2.24, 2.45) is 0 Å². The summed E-state index contributed by atoms with van der Waals surface area (Å²) < 4.78 is 26.0. The van der Waals surface area contributed by atoms with Crippen LogP contribution in [-0.4, -0.2) is 38.8 Å². The van der Waals surface area contributed by atoms with Crippen molar-refractivity contribution >= 4 is 26.2 Å². The summed E-state index contributed by atoms with van der Waals surface area (Å²) in [4.78, 5) is 9.60. The Labute approximate surface area is 107 Å². The molecule has 1 aliphatic heterocycles. The van der Waals surface area contributed by atoms with Gasteiger partial charge < -0.3 is 10.1 Å². The molecule has 0 spiro atoms. The van der Waals surface area contributed by atoms with Crippen LogP contribution in [0, 0.1) is 0 Å². The van der Waals surface area contributed by atoms with E-state index in [0.717, 1.165) is 13.1 Å². The monoisotopic (exact) mass is 285 g/mol. The van der Waals surface area contributed by atoms with Crippen molar-refractivity contribution in [2.45, 2.75) is 44.5 Å². The molecule has 0 aromatic rings. The van der Waals surface area contributed by atoms with Crippen molar-refractivity contribution < 1.29 is 17.9 Å². The molecule has 0 amide bonds. The Morgan fingerprint density at radius 2 is 1.76 bits per heavy atom. The molecule has 0 radical (unpaired) electrons. The van der Waals surface area contributed by atoms with Crippen LogP contribution in [0.15, 0.2) is 0 Å². The fourth-order valence-electron chi connectivity index (χ4n) is 1.22. The average molecular weight is 286 g/mol. The van der Waals surface area contributed by atoms with Gasteiger partial charge >= 0.3 is 0 Å². The molecule has 0 aromatic heterocycles. The molecule has 17 heavy (non-hydrogen) atoms. The van der Waals surface area contributed by atoms with E-state index in [1.165, 1.54) is 0 Å². The van der Waals surface area contributed by atoms with E-state index in [1.807, 2.05) is 20.8 Å². The van der Waals surface area contributed by atoms with Crippen LogP contribution < -0.4 is 5.32 Å². The lowest BCUT2D eigenvalue weighted by molar-refractivity contribution is -0.138. The largest absolute Gasteiger partial charge is 0.462 e. The summed E-state index contributed by atoms with van der Waals surface area (Å²) in [6.07, 6.45) is 1.29. The lowest BCUT2D eigenvalue weighted by atomic mass is 10.2. The zero-order valence-electron chi connectivity index (χ0n) is 10.4. The third kappa shape index (κ3) is 9.38. The van der Waals surface area contributed by atoms with E-state index in [2.05, 4.69) is 10.1 Å². The molecule has 1 rings (SSSR count). The highest BCUT2D eigenvalue weighted by Gasteiger charge is 2.24. The summed E-state index contributed by atoms with van der Waals surface area (Å²) in [5, 5.41) is 2.74. The van der Waals surface area contributed by atoms with Gasteiger partial charge in [0.05, 0.1) is 5.25 Å². The molecule has 5 nitrogen and oxygen atoms in total. The van der Waals surface area contributed by atoms with Gasteiger partial charge in [0.2, 0.25) is 9.05 Å². The van der Waals surface area contributed by atoms with Crippen LogP contribution in [0.4, 0.5) is 0 Å². The zero-order valence-corrected chi connectivity index (χ0v) is 12.0. The Bertz CT molecular complexity index is 318. The van der Waals surface area contributed by atoms with Crippen molar-refractivity contribution in [2.75, 3.05) is 13.1 Å². The molecule has 1 N–H and O–H groups in total. The Morgan fingerprint density at radius 3 is 1.94 bits per heavy atom. The molecule has 0 bridgehead atoms. The van der Waals surface area contributed by atoms with E-state index in [0.29, 0.717) is 19.3 Å². The van der Waals surface area contributed by atoms with Gasteiger partial charge in [0.15, 0.2) is 0 Å². The predicted octanol–water partition coefficient (Wildman–Crippen LogP) is 1.26. The molecule has 0 unspecified atom stereocenters. The summed E-state index contributed by atoms with van der Waals surface area (Å²) in [5.41, 5.74) is -0.318. The number of carbonyl (C=O) groups is 1. The first kappa shape index (κ1) is 16.7. The normalized spacial score (nSPS) is 17.9. The smallest absolute Gasteiger partial charge is 0.293 e. The molecular formula is C10H20ClNO4S. The first-order chi connectivity index (χ1) is 7.67. The average Bonchev–Trinajstić information content (AvgIpc) is 2.17. The van der Waals surface area contributed by atoms with Gasteiger partial charge in [-0.25, -0.2) is 8.42 Å². The molecule has 1 saturated heterocycles. The molecule has 7 heteroatoms. The lowest BCUT2D eigenvalue weighted by Gasteiger charge is -2.19. The van der Waals surface area contributed by atoms with Crippen molar-refractivity contribution in [3.8, 4) is 0 Å². The standard InChI is InChI=1S/C5H10ClNO2S.C5H10O2/c6-10(8,9)5-1-3-7-4-2-5;1-5(2,3)7-4-6/h5,7H,1-4H2;4H,1-3H3. The second-order valence-electron chi connectivity index (χ2n) is 4.75. The number of ether oxygens (including phenoxy) is 1. The molecule has 1 aliphatic rings.